The number of rotatable bonds is 8. The number of furan rings is 1. The number of nitrogens with one attached hydrogen (secondary N) is 1. The summed E-state index contributed by atoms with van der Waals surface area (Å²) >= 11 is 6.37. The van der Waals surface area contributed by atoms with Gasteiger partial charge in [0, 0.05) is 27.7 Å². The van der Waals surface area contributed by atoms with E-state index in [1.807, 2.05) is 67.6 Å². The summed E-state index contributed by atoms with van der Waals surface area (Å²) in [5.41, 5.74) is 2.85. The number of fused-ring (bicyclic) bond motifs is 2. The lowest BCUT2D eigenvalue weighted by Gasteiger charge is -2.14. The number of carbonyl (C=O) groups is 1. The zero-order valence-electron chi connectivity index (χ0n) is 23.2. The van der Waals surface area contributed by atoms with Crippen molar-refractivity contribution < 1.29 is 18.7 Å². The van der Waals surface area contributed by atoms with Crippen LogP contribution in [0.2, 0.25) is 5.02 Å². The topological polar surface area (TPSA) is 108 Å². The van der Waals surface area contributed by atoms with E-state index in [4.69, 9.17) is 30.5 Å². The average Bonchev–Trinajstić information content (AvgIpc) is 3.45. The number of anilines is 1. The first-order chi connectivity index (χ1) is 20.9. The lowest BCUT2D eigenvalue weighted by atomic mass is 10.2. The van der Waals surface area contributed by atoms with Crippen LogP contribution in [-0.4, -0.2) is 35.5 Å². The SMILES string of the molecule is COc1cc(Cl)cc(C=Nn2c(-c3cc4ccccc4o3)nc3ccccc3c2=O)c1OCC(=O)Nc1ccc(C)cc1. The molecule has 0 atom stereocenters. The number of benzene rings is 4. The Balaban J connectivity index is 1.39. The summed E-state index contributed by atoms with van der Waals surface area (Å²) in [6.07, 6.45) is 1.41. The van der Waals surface area contributed by atoms with E-state index < -0.39 is 5.56 Å². The highest BCUT2D eigenvalue weighted by molar-refractivity contribution is 6.31. The van der Waals surface area contributed by atoms with Crippen molar-refractivity contribution in [2.24, 2.45) is 5.10 Å². The molecular formula is C33H25ClN4O5. The van der Waals surface area contributed by atoms with Gasteiger partial charge in [-0.1, -0.05) is 59.6 Å². The number of carbonyl (C=O) groups excluding carboxylic acids is 1. The van der Waals surface area contributed by atoms with Gasteiger partial charge in [-0.15, -0.1) is 0 Å². The Morgan fingerprint density at radius 1 is 1.05 bits per heavy atom. The van der Waals surface area contributed by atoms with Gasteiger partial charge in [-0.05, 0) is 49.4 Å². The highest BCUT2D eigenvalue weighted by atomic mass is 35.5. The maximum Gasteiger partial charge on any atom is 0.282 e. The normalized spacial score (nSPS) is 11.3. The predicted molar refractivity (Wildman–Crippen MR) is 168 cm³/mol. The molecular weight excluding hydrogens is 568 g/mol. The van der Waals surface area contributed by atoms with Gasteiger partial charge >= 0.3 is 0 Å². The number of aryl methyl sites for hydroxylation is 1. The van der Waals surface area contributed by atoms with Crippen LogP contribution in [0, 0.1) is 6.92 Å². The molecule has 0 aliphatic carbocycles. The molecule has 9 nitrogen and oxygen atoms in total. The molecule has 0 fully saturated rings. The lowest BCUT2D eigenvalue weighted by molar-refractivity contribution is -0.118. The lowest BCUT2D eigenvalue weighted by Crippen LogP contribution is -2.21. The molecule has 1 amide bonds. The highest BCUT2D eigenvalue weighted by Gasteiger charge is 2.18. The van der Waals surface area contributed by atoms with Crippen LogP contribution in [0.3, 0.4) is 0 Å². The number of hydrogen-bond acceptors (Lipinski definition) is 7. The quantitative estimate of drug-likeness (QED) is 0.198. The Morgan fingerprint density at radius 3 is 2.60 bits per heavy atom. The Bertz CT molecular complexity index is 2030. The van der Waals surface area contributed by atoms with Crippen LogP contribution in [0.4, 0.5) is 5.69 Å². The molecule has 2 aromatic heterocycles. The summed E-state index contributed by atoms with van der Waals surface area (Å²) in [6, 6.07) is 26.9. The minimum absolute atomic E-state index is 0.213. The van der Waals surface area contributed by atoms with E-state index in [0.29, 0.717) is 44.3 Å². The second-order valence-corrected chi connectivity index (χ2v) is 10.1. The van der Waals surface area contributed by atoms with Crippen molar-refractivity contribution in [2.45, 2.75) is 6.92 Å². The summed E-state index contributed by atoms with van der Waals surface area (Å²) in [7, 11) is 1.46. The first kappa shape index (κ1) is 27.7. The number of nitrogens with zero attached hydrogens (tertiary/aromatic N) is 3. The molecule has 214 valence electrons. The molecule has 0 unspecified atom stereocenters. The largest absolute Gasteiger partial charge is 0.493 e. The number of hydrogen-bond donors (Lipinski definition) is 1. The number of aromatic nitrogens is 2. The molecule has 0 saturated heterocycles. The van der Waals surface area contributed by atoms with Crippen molar-refractivity contribution in [1.82, 2.24) is 9.66 Å². The van der Waals surface area contributed by atoms with E-state index in [0.717, 1.165) is 10.9 Å². The van der Waals surface area contributed by atoms with Crippen molar-refractivity contribution in [3.63, 3.8) is 0 Å². The first-order valence-corrected chi connectivity index (χ1v) is 13.7. The molecule has 0 aliphatic rings. The van der Waals surface area contributed by atoms with Crippen LogP contribution in [0.25, 0.3) is 33.5 Å². The second kappa shape index (κ2) is 11.8. The predicted octanol–water partition coefficient (Wildman–Crippen LogP) is 6.68. The molecule has 4 aromatic carbocycles. The van der Waals surface area contributed by atoms with Gasteiger partial charge in [-0.2, -0.15) is 9.78 Å². The minimum atomic E-state index is -0.397. The molecule has 0 aliphatic heterocycles. The maximum absolute atomic E-state index is 13.7. The third kappa shape index (κ3) is 5.84. The van der Waals surface area contributed by atoms with Gasteiger partial charge in [0.1, 0.15) is 5.58 Å². The Hall–Kier alpha value is -5.41. The van der Waals surface area contributed by atoms with Gasteiger partial charge in [0.15, 0.2) is 23.9 Å². The van der Waals surface area contributed by atoms with E-state index in [1.54, 1.807) is 30.3 Å². The van der Waals surface area contributed by atoms with Crippen molar-refractivity contribution in [2.75, 3.05) is 19.0 Å². The molecule has 0 radical (unpaired) electrons. The summed E-state index contributed by atoms with van der Waals surface area (Å²) in [6.45, 7) is 1.65. The maximum atomic E-state index is 13.7. The van der Waals surface area contributed by atoms with E-state index in [1.165, 1.54) is 18.0 Å². The number of methoxy groups -OCH3 is 1. The van der Waals surface area contributed by atoms with Gasteiger partial charge in [0.2, 0.25) is 5.82 Å². The van der Waals surface area contributed by atoms with Crippen molar-refractivity contribution in [3.05, 3.63) is 117 Å². The van der Waals surface area contributed by atoms with Crippen LogP contribution in [-0.2, 0) is 4.79 Å². The monoisotopic (exact) mass is 592 g/mol. The van der Waals surface area contributed by atoms with Gasteiger partial charge in [0.25, 0.3) is 11.5 Å². The van der Waals surface area contributed by atoms with E-state index in [2.05, 4.69) is 10.4 Å². The third-order valence-electron chi connectivity index (χ3n) is 6.66. The smallest absolute Gasteiger partial charge is 0.282 e. The summed E-state index contributed by atoms with van der Waals surface area (Å²) in [5.74, 6) is 0.727. The molecule has 0 spiro atoms. The fourth-order valence-electron chi connectivity index (χ4n) is 4.56. The Labute approximate surface area is 251 Å². The van der Waals surface area contributed by atoms with Gasteiger partial charge in [0.05, 0.1) is 24.2 Å². The number of ether oxygens (including phenoxy) is 2. The minimum Gasteiger partial charge on any atom is -0.493 e. The van der Waals surface area contributed by atoms with Crippen LogP contribution in [0.1, 0.15) is 11.1 Å². The van der Waals surface area contributed by atoms with Gasteiger partial charge in [-0.3, -0.25) is 9.59 Å². The summed E-state index contributed by atoms with van der Waals surface area (Å²) < 4.78 is 18.6. The highest BCUT2D eigenvalue weighted by Crippen LogP contribution is 2.34. The molecule has 1 N–H and O–H groups in total. The average molecular weight is 593 g/mol. The molecule has 2 heterocycles. The fraction of sp³-hybridized carbons (Fsp3) is 0.0909. The molecule has 0 saturated carbocycles. The zero-order valence-corrected chi connectivity index (χ0v) is 24.0. The van der Waals surface area contributed by atoms with Crippen molar-refractivity contribution in [1.29, 1.82) is 0 Å². The van der Waals surface area contributed by atoms with Crippen LogP contribution < -0.4 is 20.3 Å². The molecule has 10 heteroatoms. The third-order valence-corrected chi connectivity index (χ3v) is 6.88. The summed E-state index contributed by atoms with van der Waals surface area (Å²) in [5, 5.41) is 8.89. The van der Waals surface area contributed by atoms with Gasteiger partial charge < -0.3 is 19.2 Å². The molecule has 43 heavy (non-hydrogen) atoms. The van der Waals surface area contributed by atoms with Crippen LogP contribution in [0.15, 0.2) is 105 Å². The molecule has 6 rings (SSSR count). The standard InChI is InChI=1S/C33H25ClN4O5/c1-20-11-13-24(14-12-20)36-30(39)19-42-31-22(15-23(34)17-28(31)41-2)18-35-38-32(29-16-21-7-3-6-10-27(21)43-29)37-26-9-5-4-8-25(26)33(38)40/h3-18H,19H2,1-2H3,(H,36,39). The Kier molecular flexibility index (Phi) is 7.63. The fourth-order valence-corrected chi connectivity index (χ4v) is 4.78. The number of halogens is 1. The second-order valence-electron chi connectivity index (χ2n) is 9.69. The van der Waals surface area contributed by atoms with E-state index in [-0.39, 0.29) is 24.1 Å². The Morgan fingerprint density at radius 2 is 1.81 bits per heavy atom. The van der Waals surface area contributed by atoms with E-state index in [9.17, 15) is 9.59 Å². The molecule has 6 aromatic rings. The van der Waals surface area contributed by atoms with E-state index >= 15 is 0 Å². The molecule has 0 bridgehead atoms. The van der Waals surface area contributed by atoms with Crippen molar-refractivity contribution >= 4 is 51.3 Å². The first-order valence-electron chi connectivity index (χ1n) is 13.3. The number of para-hydroxylation sites is 2. The van der Waals surface area contributed by atoms with Crippen molar-refractivity contribution in [3.8, 4) is 23.1 Å². The van der Waals surface area contributed by atoms with Crippen LogP contribution in [0.5, 0.6) is 11.5 Å². The van der Waals surface area contributed by atoms with Gasteiger partial charge in [-0.25, -0.2) is 4.98 Å². The summed E-state index contributed by atoms with van der Waals surface area (Å²) in [4.78, 5) is 31.1. The van der Waals surface area contributed by atoms with Crippen LogP contribution >= 0.6 is 11.6 Å². The number of amides is 1. The zero-order chi connectivity index (χ0) is 29.9.